The Balaban J connectivity index is 2.55. The normalized spacial score (nSPS) is 14.6. The van der Waals surface area contributed by atoms with Crippen molar-refractivity contribution in [2.24, 2.45) is 5.92 Å². The summed E-state index contributed by atoms with van der Waals surface area (Å²) >= 11 is 1.73. The van der Waals surface area contributed by atoms with Gasteiger partial charge in [0.2, 0.25) is 5.91 Å². The number of carbonyl (C=O) groups is 1. The average molecular weight is 254 g/mol. The number of thiophene rings is 1. The van der Waals surface area contributed by atoms with Crippen molar-refractivity contribution in [1.82, 2.24) is 10.2 Å². The van der Waals surface area contributed by atoms with Gasteiger partial charge < -0.3 is 10.2 Å². The molecule has 0 aliphatic heterocycles. The summed E-state index contributed by atoms with van der Waals surface area (Å²) in [6.45, 7) is 4.68. The maximum Gasteiger partial charge on any atom is 0.222 e. The van der Waals surface area contributed by atoms with E-state index in [-0.39, 0.29) is 17.9 Å². The van der Waals surface area contributed by atoms with E-state index in [1.165, 1.54) is 4.88 Å². The van der Waals surface area contributed by atoms with Crippen LogP contribution in [-0.4, -0.2) is 31.4 Å². The Hall–Kier alpha value is -0.870. The molecule has 0 spiro atoms. The first kappa shape index (κ1) is 14.2. The largest absolute Gasteiger partial charge is 0.354 e. The van der Waals surface area contributed by atoms with E-state index in [0.717, 1.165) is 6.42 Å². The molecule has 1 N–H and O–H groups in total. The molecule has 4 heteroatoms. The molecule has 0 aliphatic carbocycles. The topological polar surface area (TPSA) is 32.3 Å². The van der Waals surface area contributed by atoms with Gasteiger partial charge in [0.05, 0.1) is 6.04 Å². The van der Waals surface area contributed by atoms with Crippen LogP contribution in [0.15, 0.2) is 17.5 Å². The smallest absolute Gasteiger partial charge is 0.222 e. The van der Waals surface area contributed by atoms with Crippen molar-refractivity contribution < 1.29 is 4.79 Å². The van der Waals surface area contributed by atoms with Gasteiger partial charge in [0, 0.05) is 17.3 Å². The van der Waals surface area contributed by atoms with Crippen LogP contribution in [0.25, 0.3) is 0 Å². The number of rotatable bonds is 6. The minimum absolute atomic E-state index is 0.0983. The predicted octanol–water partition coefficient (Wildman–Crippen LogP) is 2.51. The molecule has 2 atom stereocenters. The average Bonchev–Trinajstić information content (AvgIpc) is 2.81. The fourth-order valence-corrected chi connectivity index (χ4v) is 2.50. The van der Waals surface area contributed by atoms with Gasteiger partial charge in [-0.2, -0.15) is 0 Å². The molecule has 3 nitrogen and oxygen atoms in total. The third-order valence-corrected chi connectivity index (χ3v) is 4.00. The minimum Gasteiger partial charge on any atom is -0.354 e. The van der Waals surface area contributed by atoms with Gasteiger partial charge in [-0.25, -0.2) is 0 Å². The van der Waals surface area contributed by atoms with Crippen molar-refractivity contribution in [3.8, 4) is 0 Å². The standard InChI is InChI=1S/C13H22N2OS/c1-5-10(2)13(16)14-9-11(15(3)4)12-7-6-8-17-12/h6-8,10-11H,5,9H2,1-4H3,(H,14,16)/t10-,11+/m1/s1. The van der Waals surface area contributed by atoms with E-state index in [0.29, 0.717) is 6.54 Å². The number of nitrogens with one attached hydrogen (secondary N) is 1. The van der Waals surface area contributed by atoms with Crippen molar-refractivity contribution in [3.63, 3.8) is 0 Å². The molecule has 0 saturated heterocycles. The maximum absolute atomic E-state index is 11.7. The van der Waals surface area contributed by atoms with Gasteiger partial charge in [-0.1, -0.05) is 19.9 Å². The first-order valence-corrected chi connectivity index (χ1v) is 6.91. The Bertz CT molecular complexity index is 335. The van der Waals surface area contributed by atoms with E-state index in [4.69, 9.17) is 0 Å². The second-order valence-corrected chi connectivity index (χ2v) is 5.53. The summed E-state index contributed by atoms with van der Waals surface area (Å²) < 4.78 is 0. The number of likely N-dealkylation sites (N-methyl/N-ethyl adjacent to an activating group) is 1. The summed E-state index contributed by atoms with van der Waals surface area (Å²) in [7, 11) is 4.08. The minimum atomic E-state index is 0.0983. The van der Waals surface area contributed by atoms with Crippen molar-refractivity contribution in [1.29, 1.82) is 0 Å². The van der Waals surface area contributed by atoms with Gasteiger partial charge in [-0.05, 0) is 32.0 Å². The lowest BCUT2D eigenvalue weighted by Crippen LogP contribution is -2.36. The highest BCUT2D eigenvalue weighted by Crippen LogP contribution is 2.22. The van der Waals surface area contributed by atoms with Crippen LogP contribution in [0.4, 0.5) is 0 Å². The number of hydrogen-bond acceptors (Lipinski definition) is 3. The highest BCUT2D eigenvalue weighted by atomic mass is 32.1. The van der Waals surface area contributed by atoms with Crippen LogP contribution in [0.5, 0.6) is 0 Å². The van der Waals surface area contributed by atoms with Gasteiger partial charge in [-0.15, -0.1) is 11.3 Å². The number of amides is 1. The number of nitrogens with zero attached hydrogens (tertiary/aromatic N) is 1. The van der Waals surface area contributed by atoms with Gasteiger partial charge >= 0.3 is 0 Å². The Labute approximate surface area is 108 Å². The number of carbonyl (C=O) groups excluding carboxylic acids is 1. The molecule has 0 fully saturated rings. The molecule has 1 aromatic rings. The Morgan fingerprint density at radius 1 is 1.53 bits per heavy atom. The molecule has 0 aromatic carbocycles. The zero-order chi connectivity index (χ0) is 12.8. The predicted molar refractivity (Wildman–Crippen MR) is 73.2 cm³/mol. The number of hydrogen-bond donors (Lipinski definition) is 1. The van der Waals surface area contributed by atoms with Crippen LogP contribution in [0.2, 0.25) is 0 Å². The molecular formula is C13H22N2OS. The van der Waals surface area contributed by atoms with E-state index in [1.807, 2.05) is 34.0 Å². The summed E-state index contributed by atoms with van der Waals surface area (Å²) in [6, 6.07) is 4.43. The zero-order valence-electron chi connectivity index (χ0n) is 11.1. The first-order valence-electron chi connectivity index (χ1n) is 6.03. The summed E-state index contributed by atoms with van der Waals surface area (Å²) in [5.74, 6) is 0.247. The molecule has 0 unspecified atom stereocenters. The van der Waals surface area contributed by atoms with Gasteiger partial charge in [0.1, 0.15) is 0 Å². The second kappa shape index (κ2) is 6.77. The van der Waals surface area contributed by atoms with Crippen LogP contribution in [0, 0.1) is 5.92 Å². The van der Waals surface area contributed by atoms with E-state index in [9.17, 15) is 4.79 Å². The fraction of sp³-hybridized carbons (Fsp3) is 0.615. The van der Waals surface area contributed by atoms with Crippen molar-refractivity contribution in [3.05, 3.63) is 22.4 Å². The van der Waals surface area contributed by atoms with E-state index in [2.05, 4.69) is 21.7 Å². The molecule has 1 heterocycles. The lowest BCUT2D eigenvalue weighted by atomic mass is 10.1. The van der Waals surface area contributed by atoms with Crippen LogP contribution < -0.4 is 5.32 Å². The Kier molecular flexibility index (Phi) is 5.65. The van der Waals surface area contributed by atoms with Crippen LogP contribution >= 0.6 is 11.3 Å². The quantitative estimate of drug-likeness (QED) is 0.846. The molecule has 0 radical (unpaired) electrons. The third-order valence-electron chi connectivity index (χ3n) is 3.02. The van der Waals surface area contributed by atoms with Crippen molar-refractivity contribution in [2.45, 2.75) is 26.3 Å². The van der Waals surface area contributed by atoms with E-state index in [1.54, 1.807) is 11.3 Å². The molecule has 0 saturated carbocycles. The van der Waals surface area contributed by atoms with Gasteiger partial charge in [0.25, 0.3) is 0 Å². The molecule has 17 heavy (non-hydrogen) atoms. The molecule has 1 aromatic heterocycles. The summed E-state index contributed by atoms with van der Waals surface area (Å²) in [5.41, 5.74) is 0. The SMILES string of the molecule is CC[C@@H](C)C(=O)NC[C@@H](c1cccs1)N(C)C. The van der Waals surface area contributed by atoms with Gasteiger partial charge in [0.15, 0.2) is 0 Å². The third kappa shape index (κ3) is 4.13. The zero-order valence-corrected chi connectivity index (χ0v) is 11.9. The van der Waals surface area contributed by atoms with Crippen molar-refractivity contribution in [2.75, 3.05) is 20.6 Å². The second-order valence-electron chi connectivity index (χ2n) is 4.55. The van der Waals surface area contributed by atoms with E-state index < -0.39 is 0 Å². The molecule has 1 rings (SSSR count). The maximum atomic E-state index is 11.7. The van der Waals surface area contributed by atoms with Crippen molar-refractivity contribution >= 4 is 17.2 Å². The van der Waals surface area contributed by atoms with Crippen LogP contribution in [-0.2, 0) is 4.79 Å². The molecule has 0 bridgehead atoms. The van der Waals surface area contributed by atoms with Crippen LogP contribution in [0.3, 0.4) is 0 Å². The highest BCUT2D eigenvalue weighted by molar-refractivity contribution is 7.10. The molecule has 1 amide bonds. The summed E-state index contributed by atoms with van der Waals surface area (Å²) in [5, 5.41) is 5.10. The first-order chi connectivity index (χ1) is 8.06. The Morgan fingerprint density at radius 2 is 2.24 bits per heavy atom. The molecular weight excluding hydrogens is 232 g/mol. The van der Waals surface area contributed by atoms with Crippen LogP contribution in [0.1, 0.15) is 31.2 Å². The molecule has 0 aliphatic rings. The van der Waals surface area contributed by atoms with E-state index >= 15 is 0 Å². The van der Waals surface area contributed by atoms with Gasteiger partial charge in [-0.3, -0.25) is 4.79 Å². The Morgan fingerprint density at radius 3 is 2.71 bits per heavy atom. The highest BCUT2D eigenvalue weighted by Gasteiger charge is 2.17. The lowest BCUT2D eigenvalue weighted by Gasteiger charge is -2.24. The summed E-state index contributed by atoms with van der Waals surface area (Å²) in [6.07, 6.45) is 0.886. The monoisotopic (exact) mass is 254 g/mol. The molecule has 96 valence electrons. The summed E-state index contributed by atoms with van der Waals surface area (Å²) in [4.78, 5) is 15.2. The lowest BCUT2D eigenvalue weighted by molar-refractivity contribution is -0.124. The fourth-order valence-electron chi connectivity index (χ4n) is 1.58.